The van der Waals surface area contributed by atoms with Crippen LogP contribution < -0.4 is 21.1 Å². The van der Waals surface area contributed by atoms with Crippen molar-refractivity contribution in [3.63, 3.8) is 0 Å². The highest BCUT2D eigenvalue weighted by atomic mass is 19.4. The van der Waals surface area contributed by atoms with Crippen molar-refractivity contribution in [1.29, 1.82) is 0 Å². The molecule has 0 aliphatic rings. The molecule has 0 saturated heterocycles. The maximum atomic E-state index is 14.6. The molecular formula is C19H23F4N5O3. The molecule has 0 aliphatic heterocycles. The molecule has 2 aromatic rings. The first kappa shape index (κ1) is 24.1. The number of methoxy groups -OCH3 is 1. The second kappa shape index (κ2) is 9.77. The molecule has 1 aromatic heterocycles. The predicted molar refractivity (Wildman–Crippen MR) is 106 cm³/mol. The van der Waals surface area contributed by atoms with E-state index in [1.54, 1.807) is 13.8 Å². The number of rotatable bonds is 8. The van der Waals surface area contributed by atoms with Crippen molar-refractivity contribution in [3.05, 3.63) is 35.3 Å². The number of esters is 1. The molecule has 1 aromatic carbocycles. The van der Waals surface area contributed by atoms with Gasteiger partial charge >= 0.3 is 12.1 Å². The van der Waals surface area contributed by atoms with Crippen molar-refractivity contribution in [1.82, 2.24) is 9.97 Å². The number of benzene rings is 1. The number of halogens is 4. The van der Waals surface area contributed by atoms with E-state index in [1.807, 2.05) is 0 Å². The summed E-state index contributed by atoms with van der Waals surface area (Å²) in [6.45, 7) is 3.33. The average Bonchev–Trinajstić information content (AvgIpc) is 2.68. The molecule has 170 valence electrons. The van der Waals surface area contributed by atoms with Crippen LogP contribution in [-0.2, 0) is 22.1 Å². The van der Waals surface area contributed by atoms with E-state index in [0.29, 0.717) is 6.20 Å². The zero-order valence-electron chi connectivity index (χ0n) is 17.3. The minimum Gasteiger partial charge on any atom is -0.495 e. The Morgan fingerprint density at radius 2 is 1.97 bits per heavy atom. The normalized spacial score (nSPS) is 12.5. The van der Waals surface area contributed by atoms with E-state index < -0.39 is 35.4 Å². The Kier molecular flexibility index (Phi) is 7.60. The van der Waals surface area contributed by atoms with E-state index in [-0.39, 0.29) is 35.5 Å². The Bertz CT molecular complexity index is 937. The lowest BCUT2D eigenvalue weighted by Crippen LogP contribution is -2.36. The Morgan fingerprint density at radius 1 is 1.29 bits per heavy atom. The van der Waals surface area contributed by atoms with E-state index in [1.165, 1.54) is 20.2 Å². The van der Waals surface area contributed by atoms with Gasteiger partial charge in [0.05, 0.1) is 18.9 Å². The Labute approximate surface area is 176 Å². The van der Waals surface area contributed by atoms with Crippen LogP contribution in [0.15, 0.2) is 18.3 Å². The first-order chi connectivity index (χ1) is 14.5. The van der Waals surface area contributed by atoms with Gasteiger partial charge in [-0.2, -0.15) is 18.2 Å². The molecule has 0 fully saturated rings. The second-order valence-corrected chi connectivity index (χ2v) is 6.77. The highest BCUT2D eigenvalue weighted by molar-refractivity contribution is 5.76. The number of carbonyl (C=O) groups is 1. The molecule has 0 spiro atoms. The summed E-state index contributed by atoms with van der Waals surface area (Å²) in [5.41, 5.74) is 4.91. The third-order valence-electron chi connectivity index (χ3n) is 4.04. The first-order valence-corrected chi connectivity index (χ1v) is 9.17. The molecular weight excluding hydrogens is 422 g/mol. The van der Waals surface area contributed by atoms with Crippen LogP contribution in [0, 0.1) is 5.82 Å². The molecule has 4 N–H and O–H groups in total. The summed E-state index contributed by atoms with van der Waals surface area (Å²) in [6.07, 6.45) is -4.54. The predicted octanol–water partition coefficient (Wildman–Crippen LogP) is 3.25. The van der Waals surface area contributed by atoms with E-state index >= 15 is 0 Å². The fraction of sp³-hybridized carbons (Fsp3) is 0.421. The van der Waals surface area contributed by atoms with Gasteiger partial charge in [-0.25, -0.2) is 9.37 Å². The van der Waals surface area contributed by atoms with Crippen LogP contribution >= 0.6 is 0 Å². The first-order valence-electron chi connectivity index (χ1n) is 9.17. The third-order valence-corrected chi connectivity index (χ3v) is 4.04. The van der Waals surface area contributed by atoms with Gasteiger partial charge in [0.2, 0.25) is 5.95 Å². The van der Waals surface area contributed by atoms with Gasteiger partial charge in [0.15, 0.2) is 0 Å². The largest absolute Gasteiger partial charge is 0.495 e. The summed E-state index contributed by atoms with van der Waals surface area (Å²) in [6, 6.07) is 1.29. The zero-order chi connectivity index (χ0) is 23.3. The monoisotopic (exact) mass is 445 g/mol. The number of hydrogen-bond donors (Lipinski definition) is 3. The van der Waals surface area contributed by atoms with Gasteiger partial charge in [0, 0.05) is 25.7 Å². The smallest absolute Gasteiger partial charge is 0.421 e. The van der Waals surface area contributed by atoms with Gasteiger partial charge in [-0.05, 0) is 25.5 Å². The Hall–Kier alpha value is -3.15. The number of anilines is 3. The van der Waals surface area contributed by atoms with E-state index in [9.17, 15) is 22.4 Å². The van der Waals surface area contributed by atoms with Crippen molar-refractivity contribution in [3.8, 4) is 5.75 Å². The topological polar surface area (TPSA) is 111 Å². The summed E-state index contributed by atoms with van der Waals surface area (Å²) in [5.74, 6) is -1.89. The van der Waals surface area contributed by atoms with Crippen LogP contribution in [0.1, 0.15) is 25.0 Å². The Balaban J connectivity index is 2.29. The fourth-order valence-corrected chi connectivity index (χ4v) is 2.62. The molecule has 2 rings (SSSR count). The van der Waals surface area contributed by atoms with Gasteiger partial charge in [-0.1, -0.05) is 0 Å². The fourth-order valence-electron chi connectivity index (χ4n) is 2.62. The molecule has 1 heterocycles. The number of nitrogens with one attached hydrogen (secondary N) is 2. The van der Waals surface area contributed by atoms with Crippen molar-refractivity contribution in [2.75, 3.05) is 24.8 Å². The highest BCUT2D eigenvalue weighted by Crippen LogP contribution is 2.35. The standard InChI is InChI=1S/C19H23F4N5O3/c1-9(2)31-17(29)13(24)5-10-6-15(30-4)14(7-12(10)20)27-18-26-8-11(19(21,22)23)16(25-3)28-18/h6-9,13H,5,24H2,1-4H3,(H2,25,26,27,28)/t13-/m0/s1. The minimum absolute atomic E-state index is 0.0730. The number of ether oxygens (including phenoxy) is 2. The van der Waals surface area contributed by atoms with Gasteiger partial charge in [-0.3, -0.25) is 4.79 Å². The molecule has 0 aliphatic carbocycles. The summed E-state index contributed by atoms with van der Waals surface area (Å²) in [5, 5.41) is 4.98. The van der Waals surface area contributed by atoms with Crippen LogP contribution in [0.4, 0.5) is 35.0 Å². The van der Waals surface area contributed by atoms with Gasteiger partial charge < -0.3 is 25.8 Å². The van der Waals surface area contributed by atoms with Crippen LogP contribution in [0.5, 0.6) is 5.75 Å². The van der Waals surface area contributed by atoms with E-state index in [0.717, 1.165) is 6.07 Å². The number of hydrogen-bond acceptors (Lipinski definition) is 8. The lowest BCUT2D eigenvalue weighted by molar-refractivity contribution is -0.149. The number of nitrogens with zero attached hydrogens (tertiary/aromatic N) is 2. The summed E-state index contributed by atoms with van der Waals surface area (Å²) in [4.78, 5) is 19.3. The van der Waals surface area contributed by atoms with E-state index in [4.69, 9.17) is 15.2 Å². The number of aromatic nitrogens is 2. The Morgan fingerprint density at radius 3 is 2.52 bits per heavy atom. The van der Waals surface area contributed by atoms with Gasteiger partial charge in [0.1, 0.15) is 29.0 Å². The summed E-state index contributed by atoms with van der Waals surface area (Å²) < 4.78 is 63.8. The molecule has 31 heavy (non-hydrogen) atoms. The lowest BCUT2D eigenvalue weighted by Gasteiger charge is -2.17. The molecule has 0 radical (unpaired) electrons. The quantitative estimate of drug-likeness (QED) is 0.420. The van der Waals surface area contributed by atoms with Crippen molar-refractivity contribution in [2.45, 2.75) is 38.6 Å². The van der Waals surface area contributed by atoms with Gasteiger partial charge in [0.25, 0.3) is 0 Å². The molecule has 0 amide bonds. The summed E-state index contributed by atoms with van der Waals surface area (Å²) in [7, 11) is 2.60. The number of carbonyl (C=O) groups excluding carboxylic acids is 1. The van der Waals surface area contributed by atoms with Crippen LogP contribution in [0.3, 0.4) is 0 Å². The molecule has 8 nitrogen and oxygen atoms in total. The molecule has 0 unspecified atom stereocenters. The van der Waals surface area contributed by atoms with Crippen LogP contribution in [-0.4, -0.2) is 42.2 Å². The molecule has 12 heteroatoms. The molecule has 1 atom stereocenters. The molecule has 0 saturated carbocycles. The van der Waals surface area contributed by atoms with Crippen LogP contribution in [0.2, 0.25) is 0 Å². The summed E-state index contributed by atoms with van der Waals surface area (Å²) >= 11 is 0. The maximum absolute atomic E-state index is 14.6. The highest BCUT2D eigenvalue weighted by Gasteiger charge is 2.35. The van der Waals surface area contributed by atoms with Crippen molar-refractivity contribution < 1.29 is 31.8 Å². The zero-order valence-corrected chi connectivity index (χ0v) is 17.3. The maximum Gasteiger partial charge on any atom is 0.421 e. The second-order valence-electron chi connectivity index (χ2n) is 6.77. The number of alkyl halides is 3. The third kappa shape index (κ3) is 6.17. The van der Waals surface area contributed by atoms with Crippen LogP contribution in [0.25, 0.3) is 0 Å². The van der Waals surface area contributed by atoms with Crippen molar-refractivity contribution in [2.24, 2.45) is 5.73 Å². The molecule has 0 bridgehead atoms. The lowest BCUT2D eigenvalue weighted by atomic mass is 10.0. The average molecular weight is 445 g/mol. The SMILES string of the molecule is CNc1nc(Nc2cc(F)c(C[C@H](N)C(=O)OC(C)C)cc2OC)ncc1C(F)(F)F. The van der Waals surface area contributed by atoms with Gasteiger partial charge in [-0.15, -0.1) is 0 Å². The van der Waals surface area contributed by atoms with Crippen molar-refractivity contribution >= 4 is 23.4 Å². The number of nitrogens with two attached hydrogens (primary N) is 1. The van der Waals surface area contributed by atoms with E-state index in [2.05, 4.69) is 20.6 Å². The minimum atomic E-state index is -4.64.